The van der Waals surface area contributed by atoms with E-state index in [1.54, 1.807) is 6.07 Å². The molecule has 1 heterocycles. The van der Waals surface area contributed by atoms with Gasteiger partial charge in [0, 0.05) is 18.5 Å². The average Bonchev–Trinajstić information content (AvgIpc) is 2.51. The molecule has 0 aliphatic carbocycles. The predicted molar refractivity (Wildman–Crippen MR) is 61.9 cm³/mol. The van der Waals surface area contributed by atoms with Crippen LogP contribution < -0.4 is 4.72 Å². The van der Waals surface area contributed by atoms with Crippen LogP contribution in [0.15, 0.2) is 12.1 Å². The van der Waals surface area contributed by atoms with Crippen LogP contribution in [0.2, 0.25) is 4.34 Å². The molecular weight excluding hydrogens is 258 g/mol. The summed E-state index contributed by atoms with van der Waals surface area (Å²) in [5.74, 6) is 0. The molecule has 1 aromatic rings. The molecule has 1 unspecified atom stereocenters. The Bertz CT molecular complexity index is 415. The fourth-order valence-corrected chi connectivity index (χ4v) is 2.62. The van der Waals surface area contributed by atoms with Crippen LogP contribution in [0.3, 0.4) is 0 Å². The van der Waals surface area contributed by atoms with E-state index < -0.39 is 10.0 Å². The fourth-order valence-electron chi connectivity index (χ4n) is 1.03. The Balaban J connectivity index is 2.65. The molecule has 0 spiro atoms. The molecule has 15 heavy (non-hydrogen) atoms. The summed E-state index contributed by atoms with van der Waals surface area (Å²) >= 11 is 7.15. The van der Waals surface area contributed by atoms with Gasteiger partial charge in [0.05, 0.1) is 10.6 Å². The standard InChI is InChI=1S/C8H12ClNO3S2/c1-13-6(5-10-15(2,11)12)7-3-4-8(9)14-7/h3-4,6,10H,5H2,1-2H3. The Morgan fingerprint density at radius 2 is 2.27 bits per heavy atom. The molecule has 0 saturated carbocycles. The molecule has 1 rings (SSSR count). The number of rotatable bonds is 5. The molecule has 86 valence electrons. The molecule has 7 heteroatoms. The minimum Gasteiger partial charge on any atom is -0.375 e. The van der Waals surface area contributed by atoms with Crippen LogP contribution in [0.5, 0.6) is 0 Å². The van der Waals surface area contributed by atoms with Crippen molar-refractivity contribution in [2.45, 2.75) is 6.10 Å². The van der Waals surface area contributed by atoms with E-state index in [0.717, 1.165) is 11.1 Å². The Morgan fingerprint density at radius 3 is 2.67 bits per heavy atom. The van der Waals surface area contributed by atoms with Crippen LogP contribution >= 0.6 is 22.9 Å². The molecule has 0 radical (unpaired) electrons. The number of thiophene rings is 1. The van der Waals surface area contributed by atoms with Crippen molar-refractivity contribution in [2.75, 3.05) is 19.9 Å². The van der Waals surface area contributed by atoms with Gasteiger partial charge in [-0.25, -0.2) is 13.1 Å². The Morgan fingerprint density at radius 1 is 1.60 bits per heavy atom. The smallest absolute Gasteiger partial charge is 0.208 e. The van der Waals surface area contributed by atoms with Crippen molar-refractivity contribution in [1.29, 1.82) is 0 Å². The van der Waals surface area contributed by atoms with E-state index in [9.17, 15) is 8.42 Å². The first-order valence-electron chi connectivity index (χ1n) is 4.15. The number of hydrogen-bond donors (Lipinski definition) is 1. The normalized spacial score (nSPS) is 14.1. The number of halogens is 1. The Hall–Kier alpha value is -0.140. The van der Waals surface area contributed by atoms with E-state index in [0.29, 0.717) is 4.34 Å². The van der Waals surface area contributed by atoms with E-state index >= 15 is 0 Å². The molecule has 1 atom stereocenters. The number of sulfonamides is 1. The zero-order valence-corrected chi connectivity index (χ0v) is 10.7. The maximum Gasteiger partial charge on any atom is 0.208 e. The van der Waals surface area contributed by atoms with E-state index in [2.05, 4.69) is 4.72 Å². The molecule has 4 nitrogen and oxygen atoms in total. The highest BCUT2D eigenvalue weighted by Crippen LogP contribution is 2.28. The van der Waals surface area contributed by atoms with Gasteiger partial charge in [0.2, 0.25) is 10.0 Å². The molecular formula is C8H12ClNO3S2. The molecule has 0 aromatic carbocycles. The summed E-state index contributed by atoms with van der Waals surface area (Å²) in [4.78, 5) is 0.902. The SMILES string of the molecule is COC(CNS(C)(=O)=O)c1ccc(Cl)s1. The van der Waals surface area contributed by atoms with Crippen LogP contribution in [0.4, 0.5) is 0 Å². The second kappa shape index (κ2) is 5.27. The second-order valence-corrected chi connectivity index (χ2v) is 6.57. The second-order valence-electron chi connectivity index (χ2n) is 2.99. The van der Waals surface area contributed by atoms with Crippen LogP contribution in [-0.4, -0.2) is 28.3 Å². The lowest BCUT2D eigenvalue weighted by Gasteiger charge is -2.13. The molecule has 0 aliphatic heterocycles. The van der Waals surface area contributed by atoms with Crippen molar-refractivity contribution >= 4 is 33.0 Å². The zero-order chi connectivity index (χ0) is 11.5. The van der Waals surface area contributed by atoms with E-state index in [1.807, 2.05) is 6.07 Å². The number of hydrogen-bond acceptors (Lipinski definition) is 4. The third-order valence-corrected chi connectivity index (χ3v) is 3.74. The lowest BCUT2D eigenvalue weighted by Crippen LogP contribution is -2.27. The number of methoxy groups -OCH3 is 1. The van der Waals surface area contributed by atoms with Gasteiger partial charge in [0.1, 0.15) is 6.10 Å². The van der Waals surface area contributed by atoms with E-state index in [-0.39, 0.29) is 12.6 Å². The molecule has 0 saturated heterocycles. The summed E-state index contributed by atoms with van der Waals surface area (Å²) in [6, 6.07) is 3.58. The monoisotopic (exact) mass is 269 g/mol. The van der Waals surface area contributed by atoms with Gasteiger partial charge in [0.15, 0.2) is 0 Å². The highest BCUT2D eigenvalue weighted by atomic mass is 35.5. The van der Waals surface area contributed by atoms with Gasteiger partial charge in [-0.3, -0.25) is 0 Å². The first-order chi connectivity index (χ1) is 6.92. The fraction of sp³-hybridized carbons (Fsp3) is 0.500. The van der Waals surface area contributed by atoms with Crippen molar-refractivity contribution in [1.82, 2.24) is 4.72 Å². The van der Waals surface area contributed by atoms with E-state index in [1.165, 1.54) is 18.4 Å². The van der Waals surface area contributed by atoms with Gasteiger partial charge < -0.3 is 4.74 Å². The third-order valence-electron chi connectivity index (χ3n) is 1.73. The molecule has 1 N–H and O–H groups in total. The minimum absolute atomic E-state index is 0.214. The Kier molecular flexibility index (Phi) is 4.54. The topological polar surface area (TPSA) is 55.4 Å². The summed E-state index contributed by atoms with van der Waals surface area (Å²) in [5, 5.41) is 0. The lowest BCUT2D eigenvalue weighted by molar-refractivity contribution is 0.110. The number of ether oxygens (including phenoxy) is 1. The summed E-state index contributed by atoms with van der Waals surface area (Å²) in [5.41, 5.74) is 0. The first kappa shape index (κ1) is 12.9. The van der Waals surface area contributed by atoms with Gasteiger partial charge in [-0.2, -0.15) is 0 Å². The molecule has 0 amide bonds. The van der Waals surface area contributed by atoms with Crippen molar-refractivity contribution < 1.29 is 13.2 Å². The third kappa shape index (κ3) is 4.48. The molecule has 0 bridgehead atoms. The van der Waals surface area contributed by atoms with Gasteiger partial charge in [-0.1, -0.05) is 11.6 Å². The van der Waals surface area contributed by atoms with Crippen molar-refractivity contribution in [3.8, 4) is 0 Å². The van der Waals surface area contributed by atoms with Crippen LogP contribution in [-0.2, 0) is 14.8 Å². The molecule has 0 fully saturated rings. The highest BCUT2D eigenvalue weighted by molar-refractivity contribution is 7.88. The van der Waals surface area contributed by atoms with Crippen LogP contribution in [0.1, 0.15) is 11.0 Å². The highest BCUT2D eigenvalue weighted by Gasteiger charge is 2.14. The first-order valence-corrected chi connectivity index (χ1v) is 7.23. The summed E-state index contributed by atoms with van der Waals surface area (Å²) < 4.78 is 30.0. The summed E-state index contributed by atoms with van der Waals surface area (Å²) in [7, 11) is -1.66. The van der Waals surface area contributed by atoms with Crippen LogP contribution in [0.25, 0.3) is 0 Å². The maximum absolute atomic E-state index is 10.9. The Labute approximate surface area is 98.3 Å². The van der Waals surface area contributed by atoms with Crippen molar-refractivity contribution in [3.05, 3.63) is 21.3 Å². The predicted octanol–water partition coefficient (Wildman–Crippen LogP) is 1.64. The van der Waals surface area contributed by atoms with Gasteiger partial charge in [0.25, 0.3) is 0 Å². The largest absolute Gasteiger partial charge is 0.375 e. The van der Waals surface area contributed by atoms with Gasteiger partial charge in [-0.05, 0) is 12.1 Å². The molecule has 0 aliphatic rings. The van der Waals surface area contributed by atoms with Gasteiger partial charge >= 0.3 is 0 Å². The maximum atomic E-state index is 10.9. The minimum atomic E-state index is -3.19. The quantitative estimate of drug-likeness (QED) is 0.884. The average molecular weight is 270 g/mol. The van der Waals surface area contributed by atoms with Gasteiger partial charge in [-0.15, -0.1) is 11.3 Å². The summed E-state index contributed by atoms with van der Waals surface area (Å²) in [6.07, 6.45) is 0.818. The summed E-state index contributed by atoms with van der Waals surface area (Å²) in [6.45, 7) is 0.214. The zero-order valence-electron chi connectivity index (χ0n) is 8.36. The molecule has 1 aromatic heterocycles. The lowest BCUT2D eigenvalue weighted by atomic mass is 10.3. The van der Waals surface area contributed by atoms with Crippen molar-refractivity contribution in [3.63, 3.8) is 0 Å². The van der Waals surface area contributed by atoms with Crippen LogP contribution in [0, 0.1) is 0 Å². The van der Waals surface area contributed by atoms with Crippen molar-refractivity contribution in [2.24, 2.45) is 0 Å². The number of nitrogens with one attached hydrogen (secondary N) is 1. The van der Waals surface area contributed by atoms with E-state index in [4.69, 9.17) is 16.3 Å².